The van der Waals surface area contributed by atoms with Crippen LogP contribution in [0.5, 0.6) is 0 Å². The van der Waals surface area contributed by atoms with Crippen molar-refractivity contribution >= 4 is 46.1 Å². The Labute approximate surface area is 303 Å². The molecule has 0 saturated carbocycles. The molecule has 0 saturated heterocycles. The molecule has 0 aliphatic rings. The third kappa shape index (κ3) is 9.19. The van der Waals surface area contributed by atoms with Gasteiger partial charge in [-0.05, 0) is 46.2 Å². The average molecular weight is 706 g/mol. The fraction of sp³-hybridized carbons (Fsp3) is 0.109. The minimum absolute atomic E-state index is 0.878. The summed E-state index contributed by atoms with van der Waals surface area (Å²) < 4.78 is 28.1. The van der Waals surface area contributed by atoms with Gasteiger partial charge in [0.25, 0.3) is 0 Å². The monoisotopic (exact) mass is 705 g/mol. The van der Waals surface area contributed by atoms with Crippen LogP contribution in [0.25, 0.3) is 0 Å². The molecule has 0 fully saturated rings. The maximum absolute atomic E-state index is 14.0. The third-order valence-electron chi connectivity index (χ3n) is 8.64. The fourth-order valence-electron chi connectivity index (χ4n) is 5.64. The van der Waals surface area contributed by atoms with E-state index in [4.69, 9.17) is 0 Å². The smallest absolute Gasteiger partial charge is 0.171 e. The Balaban J connectivity index is 0.000000166. The summed E-state index contributed by atoms with van der Waals surface area (Å²) in [6.07, 6.45) is 3.60. The van der Waals surface area contributed by atoms with Gasteiger partial charge in [0, 0.05) is 44.2 Å². The van der Waals surface area contributed by atoms with Crippen molar-refractivity contribution in [2.24, 2.45) is 0 Å². The van der Waals surface area contributed by atoms with Crippen LogP contribution in [0.1, 0.15) is 27.8 Å². The van der Waals surface area contributed by atoms with Crippen LogP contribution in [-0.4, -0.2) is 4.98 Å². The first kappa shape index (κ1) is 37.2. The van der Waals surface area contributed by atoms with Gasteiger partial charge in [0.2, 0.25) is 0 Å². The Hall–Kier alpha value is -5.07. The van der Waals surface area contributed by atoms with E-state index in [0.29, 0.717) is 0 Å². The number of rotatable bonds is 6. The molecule has 7 rings (SSSR count). The van der Waals surface area contributed by atoms with E-state index < -0.39 is 14.3 Å². The molecule has 0 atom stereocenters. The normalized spacial score (nSPS) is 11.0. The molecular formula is C46H45NO2P2. The van der Waals surface area contributed by atoms with Gasteiger partial charge in [0.1, 0.15) is 0 Å². The zero-order chi connectivity index (χ0) is 36.3. The molecule has 51 heavy (non-hydrogen) atoms. The number of benzene rings is 6. The van der Waals surface area contributed by atoms with Crippen molar-refractivity contribution in [1.29, 1.82) is 0 Å². The molecule has 1 aromatic heterocycles. The molecule has 0 unspecified atom stereocenters. The lowest BCUT2D eigenvalue weighted by Crippen LogP contribution is -2.25. The van der Waals surface area contributed by atoms with Gasteiger partial charge in [-0.15, -0.1) is 0 Å². The molecule has 256 valence electrons. The van der Waals surface area contributed by atoms with Gasteiger partial charge in [-0.1, -0.05) is 186 Å². The lowest BCUT2D eigenvalue weighted by Gasteiger charge is -2.20. The molecule has 0 amide bonds. The highest BCUT2D eigenvalue weighted by atomic mass is 31.2. The van der Waals surface area contributed by atoms with E-state index in [1.807, 2.05) is 211 Å². The van der Waals surface area contributed by atoms with Crippen molar-refractivity contribution in [3.8, 4) is 0 Å². The van der Waals surface area contributed by atoms with Gasteiger partial charge in [-0.3, -0.25) is 4.98 Å². The van der Waals surface area contributed by atoms with Crippen molar-refractivity contribution in [2.45, 2.75) is 34.6 Å². The van der Waals surface area contributed by atoms with Gasteiger partial charge in [-0.2, -0.15) is 0 Å². The minimum atomic E-state index is -2.82. The molecule has 5 heteroatoms. The first-order valence-corrected chi connectivity index (χ1v) is 20.5. The van der Waals surface area contributed by atoms with Crippen LogP contribution in [0.3, 0.4) is 0 Å². The van der Waals surface area contributed by atoms with Crippen LogP contribution in [0, 0.1) is 34.6 Å². The maximum atomic E-state index is 14.0. The summed E-state index contributed by atoms with van der Waals surface area (Å²) in [6.45, 7) is 10.2. The summed E-state index contributed by atoms with van der Waals surface area (Å²) in [4.78, 5) is 3.88. The fourth-order valence-corrected chi connectivity index (χ4v) is 10.9. The number of pyridine rings is 1. The lowest BCUT2D eigenvalue weighted by molar-refractivity contribution is 0.591. The van der Waals surface area contributed by atoms with Crippen molar-refractivity contribution < 1.29 is 9.13 Å². The number of aryl methyl sites for hydroxylation is 5. The van der Waals surface area contributed by atoms with E-state index in [1.54, 1.807) is 6.20 Å². The highest BCUT2D eigenvalue weighted by Crippen LogP contribution is 2.43. The zero-order valence-corrected chi connectivity index (χ0v) is 31.8. The second-order valence-electron chi connectivity index (χ2n) is 12.8. The molecule has 3 nitrogen and oxygen atoms in total. The highest BCUT2D eigenvalue weighted by Gasteiger charge is 2.30. The standard InChI is InChI=1S/2C20H19OP.C6H7N/c2*1-16-8-12-19(13-9-16)22(21,18-6-4-3-5-7-18)20-14-10-17(2)11-15-20;1-6-3-2-4-7-5-6/h2*3-15H,1-2H3;2-5H,1H3. The van der Waals surface area contributed by atoms with Crippen LogP contribution in [-0.2, 0) is 9.13 Å². The number of nitrogens with zero attached hydrogens (tertiary/aromatic N) is 1. The Morgan fingerprint density at radius 1 is 0.314 bits per heavy atom. The predicted octanol–water partition coefficient (Wildman–Crippen LogP) is 9.28. The van der Waals surface area contributed by atoms with Crippen LogP contribution < -0.4 is 31.8 Å². The summed E-state index contributed by atoms with van der Waals surface area (Å²) >= 11 is 0. The van der Waals surface area contributed by atoms with E-state index in [1.165, 1.54) is 27.8 Å². The molecule has 0 aliphatic heterocycles. The van der Waals surface area contributed by atoms with Gasteiger partial charge < -0.3 is 9.13 Å². The largest absolute Gasteiger partial charge is 0.309 e. The second-order valence-corrected chi connectivity index (χ2v) is 18.3. The average Bonchev–Trinajstić information content (AvgIpc) is 3.17. The molecule has 0 spiro atoms. The number of aromatic nitrogens is 1. The van der Waals surface area contributed by atoms with Crippen LogP contribution >= 0.6 is 14.3 Å². The zero-order valence-electron chi connectivity index (χ0n) is 30.0. The summed E-state index contributed by atoms with van der Waals surface area (Å²) in [5, 5.41) is 5.29. The van der Waals surface area contributed by atoms with Gasteiger partial charge in [0.15, 0.2) is 14.3 Å². The Morgan fingerprint density at radius 2 is 0.588 bits per heavy atom. The summed E-state index contributed by atoms with van der Waals surface area (Å²) in [5.41, 5.74) is 5.90. The van der Waals surface area contributed by atoms with Crippen molar-refractivity contribution in [3.63, 3.8) is 0 Å². The van der Waals surface area contributed by atoms with Gasteiger partial charge in [0.05, 0.1) is 0 Å². The molecule has 7 aromatic rings. The summed E-state index contributed by atoms with van der Waals surface area (Å²) in [7, 11) is -5.63. The van der Waals surface area contributed by atoms with Crippen LogP contribution in [0.2, 0.25) is 0 Å². The Bertz CT molecular complexity index is 1960. The van der Waals surface area contributed by atoms with Crippen molar-refractivity contribution in [1.82, 2.24) is 4.98 Å². The van der Waals surface area contributed by atoms with Gasteiger partial charge in [-0.25, -0.2) is 0 Å². The third-order valence-corrected chi connectivity index (χ3v) is 14.8. The molecule has 0 radical (unpaired) electrons. The Kier molecular flexibility index (Phi) is 12.6. The van der Waals surface area contributed by atoms with Gasteiger partial charge >= 0.3 is 0 Å². The maximum Gasteiger partial charge on any atom is 0.171 e. The Morgan fingerprint density at radius 3 is 0.804 bits per heavy atom. The first-order valence-electron chi connectivity index (χ1n) is 17.1. The van der Waals surface area contributed by atoms with E-state index in [-0.39, 0.29) is 0 Å². The van der Waals surface area contributed by atoms with Crippen LogP contribution in [0.4, 0.5) is 0 Å². The predicted molar refractivity (Wildman–Crippen MR) is 220 cm³/mol. The summed E-state index contributed by atoms with van der Waals surface area (Å²) in [5.74, 6) is 0. The van der Waals surface area contributed by atoms with E-state index in [2.05, 4.69) is 4.98 Å². The first-order chi connectivity index (χ1) is 24.6. The van der Waals surface area contributed by atoms with E-state index in [0.717, 1.165) is 31.8 Å². The molecule has 0 aliphatic carbocycles. The number of hydrogen-bond acceptors (Lipinski definition) is 3. The van der Waals surface area contributed by atoms with E-state index >= 15 is 0 Å². The quantitative estimate of drug-likeness (QED) is 0.162. The van der Waals surface area contributed by atoms with E-state index in [9.17, 15) is 9.13 Å². The second kappa shape index (κ2) is 17.2. The topological polar surface area (TPSA) is 47.0 Å². The molecule has 1 heterocycles. The molecule has 0 N–H and O–H groups in total. The molecule has 6 aromatic carbocycles. The van der Waals surface area contributed by atoms with Crippen molar-refractivity contribution in [3.05, 3.63) is 210 Å². The van der Waals surface area contributed by atoms with Crippen molar-refractivity contribution in [2.75, 3.05) is 0 Å². The van der Waals surface area contributed by atoms with Crippen LogP contribution in [0.15, 0.2) is 182 Å². The molecular weight excluding hydrogens is 660 g/mol. The number of hydrogen-bond donors (Lipinski definition) is 0. The highest BCUT2D eigenvalue weighted by molar-refractivity contribution is 7.85. The summed E-state index contributed by atoms with van der Waals surface area (Å²) in [6, 6.07) is 55.6. The molecule has 0 bridgehead atoms. The lowest BCUT2D eigenvalue weighted by atomic mass is 10.2. The SMILES string of the molecule is Cc1ccc(P(=O)(c2ccccc2)c2ccc(C)cc2)cc1.Cc1ccc(P(=O)(c2ccccc2)c2ccc(C)cc2)cc1.Cc1cccnc1. The minimum Gasteiger partial charge on any atom is -0.309 e.